The molecule has 0 radical (unpaired) electrons. The average Bonchev–Trinajstić information content (AvgIpc) is 3.10. The van der Waals surface area contributed by atoms with Crippen LogP contribution in [0.5, 0.6) is 0 Å². The van der Waals surface area contributed by atoms with Crippen LogP contribution in [-0.2, 0) is 15.1 Å². The molecule has 9 heteroatoms. The first-order chi connectivity index (χ1) is 14.1. The zero-order valence-corrected chi connectivity index (χ0v) is 17.8. The first-order valence-electron chi connectivity index (χ1n) is 9.40. The van der Waals surface area contributed by atoms with Crippen molar-refractivity contribution in [1.82, 2.24) is 15.2 Å². The molecular weight excluding hydrogens is 410 g/mol. The second-order valence-electron chi connectivity index (χ2n) is 7.19. The van der Waals surface area contributed by atoms with Gasteiger partial charge >= 0.3 is 12.0 Å². The number of aromatic nitrogens is 1. The molecule has 1 aliphatic heterocycles. The van der Waals surface area contributed by atoms with Crippen LogP contribution in [-0.4, -0.2) is 46.7 Å². The zero-order valence-electron chi connectivity index (χ0n) is 17.1. The number of aryl methyl sites for hydroxylation is 1. The number of nitrogens with zero attached hydrogens (tertiary/aromatic N) is 1. The summed E-state index contributed by atoms with van der Waals surface area (Å²) in [4.78, 5) is 54.4. The Balaban J connectivity index is 1.88. The molecule has 3 amide bonds. The van der Waals surface area contributed by atoms with E-state index in [2.05, 4.69) is 10.3 Å². The van der Waals surface area contributed by atoms with E-state index in [1.54, 1.807) is 52.0 Å². The Morgan fingerprint density at radius 3 is 2.50 bits per heavy atom. The largest absolute Gasteiger partial charge is 0.461 e. The van der Waals surface area contributed by atoms with Crippen molar-refractivity contribution in [2.75, 3.05) is 13.2 Å². The van der Waals surface area contributed by atoms with Crippen LogP contribution in [0.1, 0.15) is 51.5 Å². The maximum Gasteiger partial charge on any atom is 0.355 e. The molecule has 1 aromatic heterocycles. The maximum absolute atomic E-state index is 13.1. The number of hydrogen-bond acceptors (Lipinski definition) is 5. The molecule has 3 rings (SSSR count). The number of rotatable bonds is 6. The molecule has 1 aliphatic rings. The van der Waals surface area contributed by atoms with Crippen molar-refractivity contribution in [3.05, 3.63) is 57.4 Å². The number of ketones is 1. The van der Waals surface area contributed by atoms with Gasteiger partial charge in [-0.25, -0.2) is 9.59 Å². The smallest absolute Gasteiger partial charge is 0.355 e. The van der Waals surface area contributed by atoms with Gasteiger partial charge in [0.25, 0.3) is 5.91 Å². The highest BCUT2D eigenvalue weighted by atomic mass is 35.5. The first-order valence-corrected chi connectivity index (χ1v) is 9.78. The second kappa shape index (κ2) is 7.95. The van der Waals surface area contributed by atoms with Gasteiger partial charge < -0.3 is 15.0 Å². The minimum atomic E-state index is -1.38. The second-order valence-corrected chi connectivity index (χ2v) is 7.60. The highest BCUT2D eigenvalue weighted by Crippen LogP contribution is 2.33. The van der Waals surface area contributed by atoms with E-state index in [0.29, 0.717) is 21.8 Å². The Hall–Kier alpha value is -3.13. The normalized spacial score (nSPS) is 18.5. The number of aromatic amines is 1. The molecule has 0 aliphatic carbocycles. The summed E-state index contributed by atoms with van der Waals surface area (Å²) >= 11 is 6.22. The van der Waals surface area contributed by atoms with Gasteiger partial charge in [-0.05, 0) is 39.3 Å². The fourth-order valence-corrected chi connectivity index (χ4v) is 4.01. The summed E-state index contributed by atoms with van der Waals surface area (Å²) in [5, 5.41) is 2.96. The van der Waals surface area contributed by atoms with E-state index in [-0.39, 0.29) is 17.9 Å². The van der Waals surface area contributed by atoms with Gasteiger partial charge in [0.1, 0.15) is 11.2 Å². The molecule has 1 fully saturated rings. The molecular formula is C21H22ClN3O5. The number of benzene rings is 1. The topological polar surface area (TPSA) is 109 Å². The molecule has 1 aromatic carbocycles. The van der Waals surface area contributed by atoms with E-state index in [1.165, 1.54) is 0 Å². The number of esters is 1. The number of Topliss-reactive ketones (excluding diaryl/α,β-unsaturated/α-hetero) is 1. The standard InChI is InChI=1S/C21H22ClN3O5/c1-5-30-18(27)17-11(2)16(12(3)23-17)15(26)10-25-19(28)21(4,24-20(25)29)13-8-6-7-9-14(13)22/h6-9,23H,5,10H2,1-4H3,(H,24,29). The van der Waals surface area contributed by atoms with Gasteiger partial charge in [0.2, 0.25) is 0 Å². The summed E-state index contributed by atoms with van der Waals surface area (Å²) in [7, 11) is 0. The number of urea groups is 1. The lowest BCUT2D eigenvalue weighted by atomic mass is 9.92. The predicted molar refractivity (Wildman–Crippen MR) is 110 cm³/mol. The Labute approximate surface area is 178 Å². The van der Waals surface area contributed by atoms with Gasteiger partial charge in [0.15, 0.2) is 5.78 Å². The lowest BCUT2D eigenvalue weighted by molar-refractivity contribution is -0.130. The molecule has 0 saturated carbocycles. The summed E-state index contributed by atoms with van der Waals surface area (Å²) in [5.74, 6) is -1.62. The zero-order chi connectivity index (χ0) is 22.2. The van der Waals surface area contributed by atoms with Crippen LogP contribution >= 0.6 is 11.6 Å². The predicted octanol–water partition coefficient (Wildman–Crippen LogP) is 3.11. The molecule has 2 N–H and O–H groups in total. The van der Waals surface area contributed by atoms with Crippen LogP contribution in [0.15, 0.2) is 24.3 Å². The fourth-order valence-electron chi connectivity index (χ4n) is 3.69. The highest BCUT2D eigenvalue weighted by Gasteiger charge is 2.50. The number of halogens is 1. The van der Waals surface area contributed by atoms with E-state index in [0.717, 1.165) is 4.90 Å². The van der Waals surface area contributed by atoms with Crippen molar-refractivity contribution in [1.29, 1.82) is 0 Å². The number of carbonyl (C=O) groups excluding carboxylic acids is 4. The summed E-state index contributed by atoms with van der Waals surface area (Å²) < 4.78 is 4.99. The van der Waals surface area contributed by atoms with Crippen LogP contribution in [0.3, 0.4) is 0 Å². The number of ether oxygens (including phenoxy) is 1. The highest BCUT2D eigenvalue weighted by molar-refractivity contribution is 6.32. The van der Waals surface area contributed by atoms with E-state index < -0.39 is 35.8 Å². The van der Waals surface area contributed by atoms with Gasteiger partial charge in [-0.3, -0.25) is 14.5 Å². The third-order valence-electron chi connectivity index (χ3n) is 5.19. The van der Waals surface area contributed by atoms with Crippen LogP contribution < -0.4 is 5.32 Å². The number of nitrogens with one attached hydrogen (secondary N) is 2. The summed E-state index contributed by atoms with van der Waals surface area (Å²) in [6.07, 6.45) is 0. The van der Waals surface area contributed by atoms with Crippen molar-refractivity contribution in [3.63, 3.8) is 0 Å². The summed E-state index contributed by atoms with van der Waals surface area (Å²) in [5.41, 5.74) is 0.367. The quantitative estimate of drug-likeness (QED) is 0.415. The van der Waals surface area contributed by atoms with Crippen molar-refractivity contribution >= 4 is 35.3 Å². The van der Waals surface area contributed by atoms with Crippen LogP contribution in [0.2, 0.25) is 5.02 Å². The third kappa shape index (κ3) is 3.47. The number of imide groups is 1. The molecule has 8 nitrogen and oxygen atoms in total. The Morgan fingerprint density at radius 2 is 1.87 bits per heavy atom. The third-order valence-corrected chi connectivity index (χ3v) is 5.51. The lowest BCUT2D eigenvalue weighted by Crippen LogP contribution is -2.41. The van der Waals surface area contributed by atoms with Gasteiger partial charge in [-0.2, -0.15) is 0 Å². The first kappa shape index (κ1) is 21.6. The Kier molecular flexibility index (Phi) is 5.72. The van der Waals surface area contributed by atoms with Gasteiger partial charge in [0, 0.05) is 21.8 Å². The molecule has 1 unspecified atom stereocenters. The van der Waals surface area contributed by atoms with E-state index in [1.807, 2.05) is 0 Å². The van der Waals surface area contributed by atoms with E-state index in [9.17, 15) is 19.2 Å². The SMILES string of the molecule is CCOC(=O)c1[nH]c(C)c(C(=O)CN2C(=O)NC(C)(c3ccccc3Cl)C2=O)c1C. The van der Waals surface area contributed by atoms with Crippen molar-refractivity contribution in [3.8, 4) is 0 Å². The number of H-pyrrole nitrogens is 1. The molecule has 1 saturated heterocycles. The molecule has 2 aromatic rings. The molecule has 30 heavy (non-hydrogen) atoms. The Morgan fingerprint density at radius 1 is 1.20 bits per heavy atom. The monoisotopic (exact) mass is 431 g/mol. The van der Waals surface area contributed by atoms with Crippen LogP contribution in [0, 0.1) is 13.8 Å². The van der Waals surface area contributed by atoms with Gasteiger partial charge in [0.05, 0.1) is 13.2 Å². The molecule has 2 heterocycles. The lowest BCUT2D eigenvalue weighted by Gasteiger charge is -2.23. The van der Waals surface area contributed by atoms with Gasteiger partial charge in [-0.1, -0.05) is 29.8 Å². The average molecular weight is 432 g/mol. The molecule has 1 atom stereocenters. The Bertz CT molecular complexity index is 1060. The van der Waals surface area contributed by atoms with Crippen LogP contribution in [0.25, 0.3) is 0 Å². The minimum Gasteiger partial charge on any atom is -0.461 e. The van der Waals surface area contributed by atoms with E-state index >= 15 is 0 Å². The van der Waals surface area contributed by atoms with E-state index in [4.69, 9.17) is 16.3 Å². The molecule has 158 valence electrons. The molecule has 0 spiro atoms. The number of hydrogen-bond donors (Lipinski definition) is 2. The maximum atomic E-state index is 13.1. The van der Waals surface area contributed by atoms with Crippen molar-refractivity contribution < 1.29 is 23.9 Å². The number of carbonyl (C=O) groups is 4. The molecule has 0 bridgehead atoms. The summed E-state index contributed by atoms with van der Waals surface area (Å²) in [6, 6.07) is 6.02. The van der Waals surface area contributed by atoms with Crippen LogP contribution in [0.4, 0.5) is 4.79 Å². The van der Waals surface area contributed by atoms with Gasteiger partial charge in [-0.15, -0.1) is 0 Å². The van der Waals surface area contributed by atoms with Crippen molar-refractivity contribution in [2.45, 2.75) is 33.2 Å². The number of amides is 3. The summed E-state index contributed by atoms with van der Waals surface area (Å²) in [6.45, 7) is 6.22. The van der Waals surface area contributed by atoms with Crippen molar-refractivity contribution in [2.24, 2.45) is 0 Å². The fraction of sp³-hybridized carbons (Fsp3) is 0.333. The minimum absolute atomic E-state index is 0.177.